The number of hydrogen-bond donors (Lipinski definition) is 2. The van der Waals surface area contributed by atoms with Gasteiger partial charge >= 0.3 is 0 Å². The molecular formula is C15H21N3O. The van der Waals surface area contributed by atoms with Crippen molar-refractivity contribution in [3.63, 3.8) is 0 Å². The molecule has 3 N–H and O–H groups in total. The van der Waals surface area contributed by atoms with Crippen molar-refractivity contribution in [3.8, 4) is 5.75 Å². The van der Waals surface area contributed by atoms with E-state index in [0.717, 1.165) is 30.6 Å². The van der Waals surface area contributed by atoms with Crippen LogP contribution < -0.4 is 5.73 Å². The molecule has 0 saturated carbocycles. The summed E-state index contributed by atoms with van der Waals surface area (Å²) >= 11 is 0. The number of aromatic nitrogens is 2. The Morgan fingerprint density at radius 2 is 1.89 bits per heavy atom. The first-order valence-electron chi connectivity index (χ1n) is 6.62. The molecule has 4 nitrogen and oxygen atoms in total. The van der Waals surface area contributed by atoms with Crippen LogP contribution in [0.5, 0.6) is 5.75 Å². The van der Waals surface area contributed by atoms with Crippen LogP contribution in [0.25, 0.3) is 0 Å². The summed E-state index contributed by atoms with van der Waals surface area (Å²) in [5.74, 6) is 0.292. The molecule has 1 heterocycles. The fourth-order valence-electron chi connectivity index (χ4n) is 2.30. The highest BCUT2D eigenvalue weighted by atomic mass is 16.3. The third-order valence-electron chi connectivity index (χ3n) is 3.43. The van der Waals surface area contributed by atoms with Crippen molar-refractivity contribution in [2.75, 3.05) is 6.54 Å². The number of aromatic hydroxyl groups is 1. The van der Waals surface area contributed by atoms with Crippen molar-refractivity contribution in [1.29, 1.82) is 0 Å². The fourth-order valence-corrected chi connectivity index (χ4v) is 2.30. The quantitative estimate of drug-likeness (QED) is 0.864. The van der Waals surface area contributed by atoms with Crippen molar-refractivity contribution in [3.05, 3.63) is 46.8 Å². The van der Waals surface area contributed by atoms with Crippen LogP contribution in [0.2, 0.25) is 0 Å². The Balaban J connectivity index is 2.19. The average molecular weight is 259 g/mol. The number of nitrogens with zero attached hydrogens (tertiary/aromatic N) is 2. The van der Waals surface area contributed by atoms with Gasteiger partial charge in [0, 0.05) is 5.69 Å². The predicted octanol–water partition coefficient (Wildman–Crippen LogP) is 2.15. The van der Waals surface area contributed by atoms with Crippen LogP contribution >= 0.6 is 0 Å². The van der Waals surface area contributed by atoms with Crippen molar-refractivity contribution < 1.29 is 5.11 Å². The largest absolute Gasteiger partial charge is 0.508 e. The minimum Gasteiger partial charge on any atom is -0.508 e. The number of hydrogen-bond acceptors (Lipinski definition) is 3. The van der Waals surface area contributed by atoms with E-state index in [1.807, 2.05) is 23.7 Å². The predicted molar refractivity (Wildman–Crippen MR) is 76.3 cm³/mol. The molecule has 0 radical (unpaired) electrons. The van der Waals surface area contributed by atoms with E-state index in [2.05, 4.69) is 12.0 Å². The Morgan fingerprint density at radius 3 is 2.53 bits per heavy atom. The van der Waals surface area contributed by atoms with Crippen LogP contribution in [0, 0.1) is 13.8 Å². The van der Waals surface area contributed by atoms with Gasteiger partial charge in [-0.05, 0) is 56.5 Å². The van der Waals surface area contributed by atoms with E-state index < -0.39 is 0 Å². The Kier molecular flexibility index (Phi) is 4.22. The lowest BCUT2D eigenvalue weighted by Gasteiger charge is -2.06. The molecule has 1 aromatic heterocycles. The van der Waals surface area contributed by atoms with E-state index in [0.29, 0.717) is 12.3 Å². The van der Waals surface area contributed by atoms with E-state index in [-0.39, 0.29) is 0 Å². The number of rotatable bonds is 5. The van der Waals surface area contributed by atoms with Crippen LogP contribution in [0.1, 0.15) is 28.9 Å². The molecule has 0 saturated heterocycles. The van der Waals surface area contributed by atoms with Crippen molar-refractivity contribution in [1.82, 2.24) is 9.78 Å². The summed E-state index contributed by atoms with van der Waals surface area (Å²) in [5, 5.41) is 13.9. The maximum Gasteiger partial charge on any atom is 0.115 e. The molecule has 0 aliphatic heterocycles. The summed E-state index contributed by atoms with van der Waals surface area (Å²) in [4.78, 5) is 0. The monoisotopic (exact) mass is 259 g/mol. The van der Waals surface area contributed by atoms with Gasteiger partial charge in [-0.3, -0.25) is 4.68 Å². The molecule has 102 valence electrons. The highest BCUT2D eigenvalue weighted by Crippen LogP contribution is 2.17. The zero-order valence-electron chi connectivity index (χ0n) is 11.6. The lowest BCUT2D eigenvalue weighted by atomic mass is 10.1. The van der Waals surface area contributed by atoms with Crippen LogP contribution in [0.15, 0.2) is 24.3 Å². The summed E-state index contributed by atoms with van der Waals surface area (Å²) in [6, 6.07) is 7.25. The SMILES string of the molecule is Cc1nn(Cc2ccc(O)cc2)c(C)c1CCCN. The minimum absolute atomic E-state index is 0.292. The molecule has 1 aromatic carbocycles. The highest BCUT2D eigenvalue weighted by Gasteiger charge is 2.11. The molecule has 0 aliphatic carbocycles. The molecule has 4 heteroatoms. The molecule has 0 bridgehead atoms. The van der Waals surface area contributed by atoms with Gasteiger partial charge in [0.25, 0.3) is 0 Å². The number of benzene rings is 1. The Hall–Kier alpha value is -1.81. The molecule has 2 aromatic rings. The van der Waals surface area contributed by atoms with E-state index in [1.54, 1.807) is 12.1 Å². The summed E-state index contributed by atoms with van der Waals surface area (Å²) < 4.78 is 2.02. The number of phenols is 1. The highest BCUT2D eigenvalue weighted by molar-refractivity contribution is 5.28. The lowest BCUT2D eigenvalue weighted by Crippen LogP contribution is -2.05. The standard InChI is InChI=1S/C15H21N3O/c1-11-15(4-3-9-16)12(2)18(17-11)10-13-5-7-14(19)8-6-13/h5-8,19H,3-4,9-10,16H2,1-2H3. The topological polar surface area (TPSA) is 64.1 Å². The maximum atomic E-state index is 9.29. The van der Waals surface area contributed by atoms with Crippen LogP contribution in [-0.4, -0.2) is 21.4 Å². The van der Waals surface area contributed by atoms with Gasteiger partial charge in [-0.1, -0.05) is 12.1 Å². The molecule has 0 atom stereocenters. The average Bonchev–Trinajstić information content (AvgIpc) is 2.65. The first kappa shape index (κ1) is 13.6. The van der Waals surface area contributed by atoms with Gasteiger partial charge < -0.3 is 10.8 Å². The number of phenolic OH excluding ortho intramolecular Hbond substituents is 1. The molecule has 0 fully saturated rings. The Labute approximate surface area is 113 Å². The smallest absolute Gasteiger partial charge is 0.115 e. The summed E-state index contributed by atoms with van der Waals surface area (Å²) in [7, 11) is 0. The molecule has 2 rings (SSSR count). The Bertz CT molecular complexity index is 543. The van der Waals surface area contributed by atoms with Crippen LogP contribution in [0.3, 0.4) is 0 Å². The second-order valence-corrected chi connectivity index (χ2v) is 4.87. The number of nitrogens with two attached hydrogens (primary N) is 1. The van der Waals surface area contributed by atoms with Crippen molar-refractivity contribution >= 4 is 0 Å². The second-order valence-electron chi connectivity index (χ2n) is 4.87. The summed E-state index contributed by atoms with van der Waals surface area (Å²) in [6.45, 7) is 5.59. The van der Waals surface area contributed by atoms with E-state index in [9.17, 15) is 5.11 Å². The van der Waals surface area contributed by atoms with E-state index in [4.69, 9.17) is 5.73 Å². The zero-order valence-corrected chi connectivity index (χ0v) is 11.6. The maximum absolute atomic E-state index is 9.29. The van der Waals surface area contributed by atoms with Gasteiger partial charge in [-0.25, -0.2) is 0 Å². The Morgan fingerprint density at radius 1 is 1.21 bits per heavy atom. The molecule has 0 unspecified atom stereocenters. The third kappa shape index (κ3) is 3.15. The molecule has 0 spiro atoms. The van der Waals surface area contributed by atoms with E-state index in [1.165, 1.54) is 11.3 Å². The second kappa shape index (κ2) is 5.89. The summed E-state index contributed by atoms with van der Waals surface area (Å²) in [6.07, 6.45) is 1.98. The van der Waals surface area contributed by atoms with Gasteiger partial charge in [-0.15, -0.1) is 0 Å². The van der Waals surface area contributed by atoms with Crippen LogP contribution in [-0.2, 0) is 13.0 Å². The molecule has 0 aliphatic rings. The first-order valence-corrected chi connectivity index (χ1v) is 6.62. The fraction of sp³-hybridized carbons (Fsp3) is 0.400. The zero-order chi connectivity index (χ0) is 13.8. The lowest BCUT2D eigenvalue weighted by molar-refractivity contribution is 0.475. The normalized spacial score (nSPS) is 10.9. The minimum atomic E-state index is 0.292. The molecular weight excluding hydrogens is 238 g/mol. The number of aryl methyl sites for hydroxylation is 1. The van der Waals surface area contributed by atoms with Crippen molar-refractivity contribution in [2.45, 2.75) is 33.2 Å². The molecule has 0 amide bonds. The van der Waals surface area contributed by atoms with Gasteiger partial charge in [-0.2, -0.15) is 5.10 Å². The molecule has 19 heavy (non-hydrogen) atoms. The van der Waals surface area contributed by atoms with Gasteiger partial charge in [0.1, 0.15) is 5.75 Å². The van der Waals surface area contributed by atoms with Crippen LogP contribution in [0.4, 0.5) is 0 Å². The summed E-state index contributed by atoms with van der Waals surface area (Å²) in [5.41, 5.74) is 10.3. The van der Waals surface area contributed by atoms with Gasteiger partial charge in [0.05, 0.1) is 12.2 Å². The van der Waals surface area contributed by atoms with Crippen molar-refractivity contribution in [2.24, 2.45) is 5.73 Å². The van der Waals surface area contributed by atoms with Gasteiger partial charge in [0.2, 0.25) is 0 Å². The first-order chi connectivity index (χ1) is 9.11. The van der Waals surface area contributed by atoms with E-state index >= 15 is 0 Å². The van der Waals surface area contributed by atoms with Gasteiger partial charge in [0.15, 0.2) is 0 Å². The third-order valence-corrected chi connectivity index (χ3v) is 3.43.